The lowest BCUT2D eigenvalue weighted by atomic mass is 9.91. The number of unbranched alkanes of at least 4 members (excludes halogenated alkanes) is 2. The molecule has 0 fully saturated rings. The van der Waals surface area contributed by atoms with E-state index in [4.69, 9.17) is 9.47 Å². The van der Waals surface area contributed by atoms with Crippen molar-refractivity contribution in [2.24, 2.45) is 0 Å². The third-order valence-electron chi connectivity index (χ3n) is 5.96. The van der Waals surface area contributed by atoms with E-state index >= 15 is 0 Å². The van der Waals surface area contributed by atoms with E-state index in [1.54, 1.807) is 13.3 Å². The lowest BCUT2D eigenvalue weighted by molar-refractivity contribution is -0.143. The molecule has 0 unspecified atom stereocenters. The molecule has 1 N–H and O–H groups in total. The van der Waals surface area contributed by atoms with Gasteiger partial charge in [0, 0.05) is 31.6 Å². The number of anilines is 2. The Hall–Kier alpha value is -3.61. The van der Waals surface area contributed by atoms with Gasteiger partial charge in [-0.05, 0) is 61.7 Å². The molecule has 3 rings (SSSR count). The molecule has 3 aromatic rings. The third kappa shape index (κ3) is 7.44. The maximum absolute atomic E-state index is 13.4. The number of carbonyl (C=O) groups is 2. The van der Waals surface area contributed by atoms with Crippen LogP contribution in [0.1, 0.15) is 50.5 Å². The number of carbonyl (C=O) groups excluding carboxylic acids is 2. The highest BCUT2D eigenvalue weighted by atomic mass is 16.5. The Balaban J connectivity index is 1.72. The SMILES string of the molecule is CCOC(=O)CCCCC[C@H](C(=O)Nc1cnc2ccc(OC)cc2c1)c1ccc(N(C)C)cc1. The number of amides is 1. The topological polar surface area (TPSA) is 80.8 Å². The third-order valence-corrected chi connectivity index (χ3v) is 5.96. The first kappa shape index (κ1) is 26.0. The van der Waals surface area contributed by atoms with Crippen LogP contribution in [0.5, 0.6) is 5.75 Å². The molecule has 0 aliphatic heterocycles. The molecule has 1 aromatic heterocycles. The molecule has 0 spiro atoms. The van der Waals surface area contributed by atoms with Gasteiger partial charge in [-0.3, -0.25) is 14.6 Å². The molecule has 186 valence electrons. The number of aromatic nitrogens is 1. The van der Waals surface area contributed by atoms with Crippen LogP contribution in [0.4, 0.5) is 11.4 Å². The molecule has 2 aromatic carbocycles. The Kier molecular flexibility index (Phi) is 9.47. The Morgan fingerprint density at radius 3 is 2.49 bits per heavy atom. The highest BCUT2D eigenvalue weighted by Crippen LogP contribution is 2.28. The Bertz CT molecular complexity index is 1130. The molecule has 7 nitrogen and oxygen atoms in total. The van der Waals surface area contributed by atoms with Crippen LogP contribution in [-0.4, -0.2) is 44.7 Å². The van der Waals surface area contributed by atoms with Crippen molar-refractivity contribution in [3.05, 3.63) is 60.3 Å². The number of fused-ring (bicyclic) bond motifs is 1. The highest BCUT2D eigenvalue weighted by molar-refractivity contribution is 5.97. The van der Waals surface area contributed by atoms with Gasteiger partial charge in [-0.25, -0.2) is 0 Å². The van der Waals surface area contributed by atoms with Gasteiger partial charge in [-0.1, -0.05) is 25.0 Å². The number of nitrogens with zero attached hydrogens (tertiary/aromatic N) is 2. The molecule has 0 radical (unpaired) electrons. The summed E-state index contributed by atoms with van der Waals surface area (Å²) in [4.78, 5) is 31.5. The smallest absolute Gasteiger partial charge is 0.305 e. The fourth-order valence-electron chi connectivity index (χ4n) is 4.02. The van der Waals surface area contributed by atoms with Gasteiger partial charge in [0.15, 0.2) is 0 Å². The summed E-state index contributed by atoms with van der Waals surface area (Å²) in [5.41, 5.74) is 3.53. The molecule has 0 saturated heterocycles. The fraction of sp³-hybridized carbons (Fsp3) is 0.393. The van der Waals surface area contributed by atoms with Crippen LogP contribution in [0.15, 0.2) is 54.7 Å². The van der Waals surface area contributed by atoms with Crippen LogP contribution in [0.3, 0.4) is 0 Å². The summed E-state index contributed by atoms with van der Waals surface area (Å²) in [5, 5.41) is 3.95. The molecule has 0 bridgehead atoms. The highest BCUT2D eigenvalue weighted by Gasteiger charge is 2.21. The van der Waals surface area contributed by atoms with E-state index in [1.807, 2.05) is 74.4 Å². The number of nitrogens with one attached hydrogen (secondary N) is 1. The van der Waals surface area contributed by atoms with E-state index in [2.05, 4.69) is 10.3 Å². The lowest BCUT2D eigenvalue weighted by Crippen LogP contribution is -2.21. The summed E-state index contributed by atoms with van der Waals surface area (Å²) in [6, 6.07) is 15.7. The van der Waals surface area contributed by atoms with Gasteiger partial charge in [0.1, 0.15) is 5.75 Å². The van der Waals surface area contributed by atoms with E-state index in [-0.39, 0.29) is 17.8 Å². The van der Waals surface area contributed by atoms with Gasteiger partial charge < -0.3 is 19.7 Å². The van der Waals surface area contributed by atoms with Gasteiger partial charge in [0.05, 0.1) is 37.0 Å². The number of esters is 1. The Morgan fingerprint density at radius 2 is 1.80 bits per heavy atom. The van der Waals surface area contributed by atoms with Crippen molar-refractivity contribution in [1.82, 2.24) is 4.98 Å². The summed E-state index contributed by atoms with van der Waals surface area (Å²) in [6.07, 6.45) is 5.22. The zero-order valence-corrected chi connectivity index (χ0v) is 21.0. The van der Waals surface area contributed by atoms with Crippen molar-refractivity contribution in [2.75, 3.05) is 38.0 Å². The average Bonchev–Trinajstić information content (AvgIpc) is 2.86. The van der Waals surface area contributed by atoms with E-state index < -0.39 is 0 Å². The van der Waals surface area contributed by atoms with E-state index in [0.29, 0.717) is 25.1 Å². The first-order valence-corrected chi connectivity index (χ1v) is 12.1. The van der Waals surface area contributed by atoms with Crippen molar-refractivity contribution in [2.45, 2.75) is 44.9 Å². The number of ether oxygens (including phenoxy) is 2. The van der Waals surface area contributed by atoms with Crippen molar-refractivity contribution in [3.8, 4) is 5.75 Å². The van der Waals surface area contributed by atoms with E-state index in [1.165, 1.54) is 0 Å². The van der Waals surface area contributed by atoms with Gasteiger partial charge in [0.2, 0.25) is 5.91 Å². The molecule has 1 heterocycles. The zero-order valence-electron chi connectivity index (χ0n) is 21.0. The number of hydrogen-bond acceptors (Lipinski definition) is 6. The first-order chi connectivity index (χ1) is 16.9. The van der Waals surface area contributed by atoms with Crippen LogP contribution in [0, 0.1) is 0 Å². The molecule has 0 aliphatic carbocycles. The standard InChI is InChI=1S/C28H35N3O4/c1-5-35-27(32)10-8-6-7-9-25(20-11-13-23(14-12-20)31(2)3)28(33)30-22-17-21-18-24(34-4)15-16-26(21)29-19-22/h11-19,25H,5-10H2,1-4H3,(H,30,33)/t25-/m0/s1. The second kappa shape index (κ2) is 12.7. The first-order valence-electron chi connectivity index (χ1n) is 12.1. The molecule has 0 aliphatic rings. The molecular formula is C28H35N3O4. The van der Waals surface area contributed by atoms with E-state index in [0.717, 1.165) is 47.2 Å². The molecule has 0 saturated carbocycles. The molecule has 7 heteroatoms. The van der Waals surface area contributed by atoms with Crippen LogP contribution >= 0.6 is 0 Å². The predicted octanol–water partition coefficient (Wildman–Crippen LogP) is 5.55. The van der Waals surface area contributed by atoms with Crippen molar-refractivity contribution < 1.29 is 19.1 Å². The van der Waals surface area contributed by atoms with Gasteiger partial charge in [0.25, 0.3) is 0 Å². The molecular weight excluding hydrogens is 442 g/mol. The molecule has 35 heavy (non-hydrogen) atoms. The van der Waals surface area contributed by atoms with Crippen molar-refractivity contribution in [3.63, 3.8) is 0 Å². The minimum Gasteiger partial charge on any atom is -0.497 e. The number of pyridine rings is 1. The van der Waals surface area contributed by atoms with Gasteiger partial charge >= 0.3 is 5.97 Å². The summed E-state index contributed by atoms with van der Waals surface area (Å²) in [6.45, 7) is 2.21. The Labute approximate surface area is 207 Å². The maximum atomic E-state index is 13.4. The van der Waals surface area contributed by atoms with Crippen LogP contribution < -0.4 is 15.0 Å². The predicted molar refractivity (Wildman–Crippen MR) is 140 cm³/mol. The minimum absolute atomic E-state index is 0.0722. The number of hydrogen-bond donors (Lipinski definition) is 1. The Morgan fingerprint density at radius 1 is 1.03 bits per heavy atom. The summed E-state index contributed by atoms with van der Waals surface area (Å²) in [7, 11) is 5.61. The minimum atomic E-state index is -0.310. The maximum Gasteiger partial charge on any atom is 0.305 e. The quantitative estimate of drug-likeness (QED) is 0.272. The monoisotopic (exact) mass is 477 g/mol. The zero-order chi connectivity index (χ0) is 25.2. The summed E-state index contributed by atoms with van der Waals surface area (Å²) in [5.74, 6) is 0.192. The number of benzene rings is 2. The number of rotatable bonds is 12. The van der Waals surface area contributed by atoms with Crippen LogP contribution in [-0.2, 0) is 14.3 Å². The lowest BCUT2D eigenvalue weighted by Gasteiger charge is -2.19. The number of methoxy groups -OCH3 is 1. The second-order valence-corrected chi connectivity index (χ2v) is 8.71. The summed E-state index contributed by atoms with van der Waals surface area (Å²) >= 11 is 0. The summed E-state index contributed by atoms with van der Waals surface area (Å²) < 4.78 is 10.3. The van der Waals surface area contributed by atoms with Crippen molar-refractivity contribution in [1.29, 1.82) is 0 Å². The van der Waals surface area contributed by atoms with Gasteiger partial charge in [-0.15, -0.1) is 0 Å². The van der Waals surface area contributed by atoms with Crippen LogP contribution in [0.25, 0.3) is 10.9 Å². The largest absolute Gasteiger partial charge is 0.497 e. The molecule has 1 amide bonds. The normalized spacial score (nSPS) is 11.7. The van der Waals surface area contributed by atoms with Crippen molar-refractivity contribution >= 4 is 34.2 Å². The molecule has 1 atom stereocenters. The second-order valence-electron chi connectivity index (χ2n) is 8.71. The average molecular weight is 478 g/mol. The van der Waals surface area contributed by atoms with Crippen LogP contribution in [0.2, 0.25) is 0 Å². The van der Waals surface area contributed by atoms with Gasteiger partial charge in [-0.2, -0.15) is 0 Å². The fourth-order valence-corrected chi connectivity index (χ4v) is 4.02. The van der Waals surface area contributed by atoms with E-state index in [9.17, 15) is 9.59 Å².